The molecule has 0 aromatic heterocycles. The molecular formula is C15H30N2O. The van der Waals surface area contributed by atoms with E-state index in [1.165, 1.54) is 45.1 Å². The van der Waals surface area contributed by atoms with E-state index < -0.39 is 0 Å². The van der Waals surface area contributed by atoms with E-state index in [-0.39, 0.29) is 0 Å². The van der Waals surface area contributed by atoms with Gasteiger partial charge in [0.1, 0.15) is 0 Å². The Morgan fingerprint density at radius 3 is 2.72 bits per heavy atom. The van der Waals surface area contributed by atoms with Gasteiger partial charge in [-0.3, -0.25) is 4.90 Å². The second kappa shape index (κ2) is 6.36. The quantitative estimate of drug-likeness (QED) is 0.788. The molecule has 2 atom stereocenters. The van der Waals surface area contributed by atoms with Crippen molar-refractivity contribution in [2.45, 2.75) is 64.5 Å². The zero-order valence-electron chi connectivity index (χ0n) is 12.1. The predicted molar refractivity (Wildman–Crippen MR) is 75.7 cm³/mol. The van der Waals surface area contributed by atoms with Crippen molar-refractivity contribution in [2.75, 3.05) is 26.2 Å². The summed E-state index contributed by atoms with van der Waals surface area (Å²) in [5, 5.41) is 12.9. The minimum absolute atomic E-state index is 0.295. The average molecular weight is 254 g/mol. The second-order valence-electron chi connectivity index (χ2n) is 6.93. The van der Waals surface area contributed by atoms with Crippen LogP contribution in [0.4, 0.5) is 0 Å². The monoisotopic (exact) mass is 254 g/mol. The van der Waals surface area contributed by atoms with E-state index in [0.29, 0.717) is 24.1 Å². The van der Waals surface area contributed by atoms with Crippen molar-refractivity contribution in [2.24, 2.45) is 5.41 Å². The summed E-state index contributed by atoms with van der Waals surface area (Å²) in [6.45, 7) is 8.23. The van der Waals surface area contributed by atoms with Crippen LogP contribution in [0.3, 0.4) is 0 Å². The van der Waals surface area contributed by atoms with Crippen molar-refractivity contribution in [3.05, 3.63) is 0 Å². The van der Waals surface area contributed by atoms with Crippen LogP contribution < -0.4 is 5.32 Å². The van der Waals surface area contributed by atoms with E-state index in [9.17, 15) is 5.11 Å². The van der Waals surface area contributed by atoms with Crippen molar-refractivity contribution >= 4 is 0 Å². The normalized spacial score (nSPS) is 32.0. The Morgan fingerprint density at radius 1 is 1.28 bits per heavy atom. The molecule has 0 amide bonds. The van der Waals surface area contributed by atoms with E-state index in [2.05, 4.69) is 24.1 Å². The largest absolute Gasteiger partial charge is 0.395 e. The van der Waals surface area contributed by atoms with E-state index in [1.807, 2.05) is 0 Å². The van der Waals surface area contributed by atoms with Crippen LogP contribution in [0.2, 0.25) is 0 Å². The predicted octanol–water partition coefficient (Wildman–Crippen LogP) is 2.00. The fourth-order valence-electron chi connectivity index (χ4n) is 3.72. The molecule has 18 heavy (non-hydrogen) atoms. The highest BCUT2D eigenvalue weighted by molar-refractivity contribution is 4.87. The van der Waals surface area contributed by atoms with E-state index in [4.69, 9.17) is 0 Å². The van der Waals surface area contributed by atoms with Crippen LogP contribution in [0.25, 0.3) is 0 Å². The van der Waals surface area contributed by atoms with Gasteiger partial charge in [-0.05, 0) is 44.1 Å². The van der Waals surface area contributed by atoms with Gasteiger partial charge in [-0.25, -0.2) is 0 Å². The minimum atomic E-state index is 0.295. The molecule has 2 fully saturated rings. The Kier molecular flexibility index (Phi) is 5.05. The molecule has 2 rings (SSSR count). The molecule has 0 bridgehead atoms. The summed E-state index contributed by atoms with van der Waals surface area (Å²) in [5.41, 5.74) is 0.486. The van der Waals surface area contributed by atoms with E-state index in [0.717, 1.165) is 13.1 Å². The Morgan fingerprint density at radius 2 is 2.11 bits per heavy atom. The van der Waals surface area contributed by atoms with Gasteiger partial charge in [0.05, 0.1) is 6.61 Å². The lowest BCUT2D eigenvalue weighted by Gasteiger charge is -2.42. The maximum Gasteiger partial charge on any atom is 0.0558 e. The van der Waals surface area contributed by atoms with Gasteiger partial charge in [-0.2, -0.15) is 0 Å². The summed E-state index contributed by atoms with van der Waals surface area (Å²) >= 11 is 0. The summed E-state index contributed by atoms with van der Waals surface area (Å²) in [6.07, 6.45) is 7.93. The molecule has 1 aliphatic heterocycles. The van der Waals surface area contributed by atoms with Crippen LogP contribution in [0.1, 0.15) is 52.4 Å². The molecule has 1 aliphatic carbocycles. The zero-order valence-corrected chi connectivity index (χ0v) is 12.1. The number of aliphatic hydroxyl groups excluding tert-OH is 1. The molecule has 106 valence electrons. The molecule has 0 aromatic carbocycles. The third-order valence-corrected chi connectivity index (χ3v) is 4.70. The molecule has 3 heteroatoms. The minimum Gasteiger partial charge on any atom is -0.395 e. The molecule has 2 unspecified atom stereocenters. The first-order valence-corrected chi connectivity index (χ1v) is 7.69. The molecule has 2 N–H and O–H groups in total. The molecule has 0 spiro atoms. The standard InChI is InChI=1S/C15H30N2O/c1-15(2)7-3-6-14(11-15)17(9-10-18)12-13-5-4-8-16-13/h13-14,16,18H,3-12H2,1-2H3. The summed E-state index contributed by atoms with van der Waals surface area (Å²) < 4.78 is 0. The highest BCUT2D eigenvalue weighted by atomic mass is 16.3. The van der Waals surface area contributed by atoms with Crippen molar-refractivity contribution < 1.29 is 5.11 Å². The van der Waals surface area contributed by atoms with Gasteiger partial charge in [0, 0.05) is 25.2 Å². The van der Waals surface area contributed by atoms with Crippen LogP contribution in [-0.4, -0.2) is 48.3 Å². The lowest BCUT2D eigenvalue weighted by molar-refractivity contribution is 0.0724. The maximum absolute atomic E-state index is 9.31. The average Bonchev–Trinajstić information content (AvgIpc) is 2.80. The maximum atomic E-state index is 9.31. The van der Waals surface area contributed by atoms with Gasteiger partial charge >= 0.3 is 0 Å². The van der Waals surface area contributed by atoms with Crippen LogP contribution in [0.5, 0.6) is 0 Å². The third kappa shape index (κ3) is 3.94. The highest BCUT2D eigenvalue weighted by Gasteiger charge is 2.32. The molecule has 3 nitrogen and oxygen atoms in total. The molecule has 1 saturated carbocycles. The highest BCUT2D eigenvalue weighted by Crippen LogP contribution is 2.37. The van der Waals surface area contributed by atoms with Gasteiger partial charge in [0.25, 0.3) is 0 Å². The number of hydrogen-bond acceptors (Lipinski definition) is 3. The third-order valence-electron chi connectivity index (χ3n) is 4.70. The first-order valence-electron chi connectivity index (χ1n) is 7.69. The number of aliphatic hydroxyl groups is 1. The first-order chi connectivity index (χ1) is 8.61. The van der Waals surface area contributed by atoms with E-state index in [1.54, 1.807) is 0 Å². The lowest BCUT2D eigenvalue weighted by Crippen LogP contribution is -2.47. The van der Waals surface area contributed by atoms with Crippen molar-refractivity contribution in [3.8, 4) is 0 Å². The summed E-state index contributed by atoms with van der Waals surface area (Å²) in [7, 11) is 0. The van der Waals surface area contributed by atoms with Gasteiger partial charge in [0.15, 0.2) is 0 Å². The number of nitrogens with zero attached hydrogens (tertiary/aromatic N) is 1. The van der Waals surface area contributed by atoms with Crippen LogP contribution in [-0.2, 0) is 0 Å². The topological polar surface area (TPSA) is 35.5 Å². The summed E-state index contributed by atoms with van der Waals surface area (Å²) in [5.74, 6) is 0. The van der Waals surface area contributed by atoms with Crippen molar-refractivity contribution in [1.29, 1.82) is 0 Å². The number of nitrogens with one attached hydrogen (secondary N) is 1. The fraction of sp³-hybridized carbons (Fsp3) is 1.00. The fourth-order valence-corrected chi connectivity index (χ4v) is 3.72. The Hall–Kier alpha value is -0.120. The Bertz CT molecular complexity index is 249. The summed E-state index contributed by atoms with van der Waals surface area (Å²) in [4.78, 5) is 2.55. The Balaban J connectivity index is 1.90. The van der Waals surface area contributed by atoms with Crippen molar-refractivity contribution in [3.63, 3.8) is 0 Å². The number of rotatable bonds is 5. The molecule has 0 radical (unpaired) electrons. The van der Waals surface area contributed by atoms with Crippen LogP contribution in [0.15, 0.2) is 0 Å². The van der Waals surface area contributed by atoms with Crippen molar-refractivity contribution in [1.82, 2.24) is 10.2 Å². The van der Waals surface area contributed by atoms with Gasteiger partial charge in [0.2, 0.25) is 0 Å². The molecule has 2 aliphatic rings. The first kappa shape index (κ1) is 14.3. The second-order valence-corrected chi connectivity index (χ2v) is 6.93. The number of hydrogen-bond donors (Lipinski definition) is 2. The van der Waals surface area contributed by atoms with Gasteiger partial charge < -0.3 is 10.4 Å². The zero-order chi connectivity index (χ0) is 13.0. The van der Waals surface area contributed by atoms with Crippen LogP contribution in [0, 0.1) is 5.41 Å². The lowest BCUT2D eigenvalue weighted by atomic mass is 9.74. The van der Waals surface area contributed by atoms with Gasteiger partial charge in [-0.1, -0.05) is 20.3 Å². The van der Waals surface area contributed by atoms with Crippen LogP contribution >= 0.6 is 0 Å². The summed E-state index contributed by atoms with van der Waals surface area (Å²) in [6, 6.07) is 1.34. The van der Waals surface area contributed by atoms with E-state index >= 15 is 0 Å². The molecule has 1 heterocycles. The molecule has 0 aromatic rings. The smallest absolute Gasteiger partial charge is 0.0558 e. The SMILES string of the molecule is CC1(C)CCCC(N(CCO)CC2CCCN2)C1. The van der Waals surface area contributed by atoms with Gasteiger partial charge in [-0.15, -0.1) is 0 Å². The Labute approximate surface area is 112 Å². The molecule has 1 saturated heterocycles. The molecular weight excluding hydrogens is 224 g/mol.